The molecule has 7 nitrogen and oxygen atoms in total. The highest BCUT2D eigenvalue weighted by Crippen LogP contribution is 2.40. The normalized spacial score (nSPS) is 14.6. The summed E-state index contributed by atoms with van der Waals surface area (Å²) >= 11 is 0. The van der Waals surface area contributed by atoms with E-state index in [0.717, 1.165) is 22.3 Å². The minimum atomic E-state index is -0.628. The molecule has 34 heavy (non-hydrogen) atoms. The maximum atomic E-state index is 13.2. The molecule has 0 aliphatic carbocycles. The summed E-state index contributed by atoms with van der Waals surface area (Å²) in [7, 11) is 3.21. The Hall–Kier alpha value is -4.00. The number of rotatable bonds is 7. The van der Waals surface area contributed by atoms with Crippen molar-refractivity contribution in [3.8, 4) is 11.5 Å². The topological polar surface area (TPSA) is 77.1 Å². The number of alkyl carbamates (subject to hydrolysis) is 1. The van der Waals surface area contributed by atoms with Crippen LogP contribution < -0.4 is 14.8 Å². The summed E-state index contributed by atoms with van der Waals surface area (Å²) in [6.07, 6.45) is 0.0423. The molecule has 0 saturated carbocycles. The second kappa shape index (κ2) is 10.7. The Bertz CT molecular complexity index is 1130. The molecule has 0 fully saturated rings. The summed E-state index contributed by atoms with van der Waals surface area (Å²) in [6.45, 7) is 0.507. The molecule has 4 rings (SSSR count). The zero-order chi connectivity index (χ0) is 23.9. The van der Waals surface area contributed by atoms with Gasteiger partial charge in [-0.25, -0.2) is 4.79 Å². The summed E-state index contributed by atoms with van der Waals surface area (Å²) in [5.74, 6) is 1.08. The average molecular weight is 461 g/mol. The predicted octanol–water partition coefficient (Wildman–Crippen LogP) is 4.10. The first-order chi connectivity index (χ1) is 16.6. The number of hydrogen-bond donors (Lipinski definition) is 1. The van der Waals surface area contributed by atoms with E-state index < -0.39 is 6.09 Å². The Morgan fingerprint density at radius 2 is 1.59 bits per heavy atom. The molecule has 1 atom stereocenters. The van der Waals surface area contributed by atoms with Gasteiger partial charge in [0.1, 0.15) is 13.2 Å². The van der Waals surface area contributed by atoms with Crippen LogP contribution in [0.5, 0.6) is 11.5 Å². The van der Waals surface area contributed by atoms with E-state index in [1.165, 1.54) is 0 Å². The van der Waals surface area contributed by atoms with Crippen LogP contribution in [0.2, 0.25) is 0 Å². The molecular weight excluding hydrogens is 432 g/mol. The lowest BCUT2D eigenvalue weighted by Gasteiger charge is -2.38. The molecule has 0 radical (unpaired) electrons. The number of nitrogens with zero attached hydrogens (tertiary/aromatic N) is 1. The molecule has 0 aromatic heterocycles. The number of carbonyl (C=O) groups excluding carboxylic acids is 2. The quantitative estimate of drug-likeness (QED) is 0.574. The number of fused-ring (bicyclic) bond motifs is 1. The lowest BCUT2D eigenvalue weighted by Crippen LogP contribution is -2.45. The molecule has 3 aromatic carbocycles. The largest absolute Gasteiger partial charge is 0.493 e. The van der Waals surface area contributed by atoms with Crippen molar-refractivity contribution < 1.29 is 23.8 Å². The van der Waals surface area contributed by atoms with Crippen LogP contribution in [0, 0.1) is 0 Å². The average Bonchev–Trinajstić information content (AvgIpc) is 2.90. The number of hydrogen-bond acceptors (Lipinski definition) is 5. The van der Waals surface area contributed by atoms with E-state index in [4.69, 9.17) is 14.2 Å². The van der Waals surface area contributed by atoms with Crippen molar-refractivity contribution in [2.75, 3.05) is 27.3 Å². The molecule has 1 unspecified atom stereocenters. The Morgan fingerprint density at radius 1 is 0.941 bits per heavy atom. The van der Waals surface area contributed by atoms with Crippen LogP contribution in [0.15, 0.2) is 72.8 Å². The van der Waals surface area contributed by atoms with Crippen LogP contribution in [0.3, 0.4) is 0 Å². The lowest BCUT2D eigenvalue weighted by molar-refractivity contribution is -0.132. The fourth-order valence-corrected chi connectivity index (χ4v) is 4.23. The second-order valence-corrected chi connectivity index (χ2v) is 7.97. The van der Waals surface area contributed by atoms with Gasteiger partial charge in [-0.3, -0.25) is 4.79 Å². The maximum Gasteiger partial charge on any atom is 0.407 e. The van der Waals surface area contributed by atoms with E-state index in [9.17, 15) is 9.59 Å². The van der Waals surface area contributed by atoms with Crippen molar-refractivity contribution in [3.05, 3.63) is 95.1 Å². The molecule has 0 bridgehead atoms. The number of carbonyl (C=O) groups is 2. The summed E-state index contributed by atoms with van der Waals surface area (Å²) < 4.78 is 16.2. The van der Waals surface area contributed by atoms with Gasteiger partial charge in [-0.15, -0.1) is 0 Å². The van der Waals surface area contributed by atoms with Gasteiger partial charge in [-0.05, 0) is 40.8 Å². The van der Waals surface area contributed by atoms with Crippen molar-refractivity contribution in [1.29, 1.82) is 0 Å². The first-order valence-corrected chi connectivity index (χ1v) is 11.1. The van der Waals surface area contributed by atoms with Gasteiger partial charge >= 0.3 is 6.09 Å². The zero-order valence-electron chi connectivity index (χ0n) is 19.3. The van der Waals surface area contributed by atoms with Crippen LogP contribution in [0.25, 0.3) is 0 Å². The van der Waals surface area contributed by atoms with E-state index in [-0.39, 0.29) is 25.1 Å². The van der Waals surface area contributed by atoms with E-state index in [2.05, 4.69) is 5.32 Å². The molecule has 176 valence electrons. The summed E-state index contributed by atoms with van der Waals surface area (Å²) in [5, 5.41) is 2.59. The maximum absolute atomic E-state index is 13.2. The number of amides is 2. The first-order valence-electron chi connectivity index (χ1n) is 11.1. The van der Waals surface area contributed by atoms with Crippen molar-refractivity contribution in [3.63, 3.8) is 0 Å². The lowest BCUT2D eigenvalue weighted by atomic mass is 9.87. The molecule has 2 amide bonds. The van der Waals surface area contributed by atoms with Gasteiger partial charge in [0.25, 0.3) is 0 Å². The van der Waals surface area contributed by atoms with Gasteiger partial charge in [0, 0.05) is 6.54 Å². The highest BCUT2D eigenvalue weighted by atomic mass is 16.5. The van der Waals surface area contributed by atoms with Crippen LogP contribution in [-0.4, -0.2) is 44.2 Å². The molecule has 0 saturated heterocycles. The third-order valence-electron chi connectivity index (χ3n) is 5.91. The third-order valence-corrected chi connectivity index (χ3v) is 5.91. The van der Waals surface area contributed by atoms with Gasteiger partial charge in [0.05, 0.1) is 20.3 Å². The molecule has 0 spiro atoms. The minimum absolute atomic E-state index is 0.145. The Balaban J connectivity index is 1.51. The molecule has 1 heterocycles. The molecule has 1 aliphatic rings. The minimum Gasteiger partial charge on any atom is -0.493 e. The number of nitrogens with one attached hydrogen (secondary N) is 1. The molecule has 1 aliphatic heterocycles. The third kappa shape index (κ3) is 5.14. The van der Waals surface area contributed by atoms with Gasteiger partial charge in [-0.2, -0.15) is 0 Å². The Morgan fingerprint density at radius 3 is 2.26 bits per heavy atom. The Labute approximate surface area is 199 Å². The number of methoxy groups -OCH3 is 2. The summed E-state index contributed by atoms with van der Waals surface area (Å²) in [6, 6.07) is 22.8. The Kier molecular flexibility index (Phi) is 7.32. The van der Waals surface area contributed by atoms with Crippen molar-refractivity contribution in [1.82, 2.24) is 10.2 Å². The number of benzene rings is 3. The monoisotopic (exact) mass is 460 g/mol. The van der Waals surface area contributed by atoms with Crippen molar-refractivity contribution >= 4 is 12.0 Å². The fraction of sp³-hybridized carbons (Fsp3) is 0.259. The zero-order valence-corrected chi connectivity index (χ0v) is 19.3. The van der Waals surface area contributed by atoms with Crippen LogP contribution >= 0.6 is 0 Å². The second-order valence-electron chi connectivity index (χ2n) is 7.97. The highest BCUT2D eigenvalue weighted by Gasteiger charge is 2.33. The van der Waals surface area contributed by atoms with Crippen molar-refractivity contribution in [2.24, 2.45) is 0 Å². The van der Waals surface area contributed by atoms with E-state index in [1.807, 2.05) is 72.8 Å². The van der Waals surface area contributed by atoms with Gasteiger partial charge < -0.3 is 24.4 Å². The summed E-state index contributed by atoms with van der Waals surface area (Å²) in [5.41, 5.74) is 3.95. The molecular formula is C27H28N2O5. The standard InChI is InChI=1S/C27H28N2O5/c1-32-23-15-21-13-14-29(25(30)17-28-27(31)34-18-19-9-5-3-6-10-19)26(20-11-7-4-8-12-20)22(21)16-24(23)33-2/h3-12,15-16,26H,13-14,17-18H2,1-2H3,(H,28,31). The van der Waals surface area contributed by atoms with Crippen molar-refractivity contribution in [2.45, 2.75) is 19.1 Å². The molecule has 7 heteroatoms. The first kappa shape index (κ1) is 23.2. The van der Waals surface area contributed by atoms with Gasteiger partial charge in [-0.1, -0.05) is 60.7 Å². The molecule has 1 N–H and O–H groups in total. The van der Waals surface area contributed by atoms with Gasteiger partial charge in [0.15, 0.2) is 11.5 Å². The van der Waals surface area contributed by atoms with E-state index in [0.29, 0.717) is 24.5 Å². The van der Waals surface area contributed by atoms with Crippen LogP contribution in [0.4, 0.5) is 4.79 Å². The molecule has 3 aromatic rings. The predicted molar refractivity (Wildman–Crippen MR) is 128 cm³/mol. The van der Waals surface area contributed by atoms with Crippen LogP contribution in [0.1, 0.15) is 28.3 Å². The smallest absolute Gasteiger partial charge is 0.407 e. The summed E-state index contributed by atoms with van der Waals surface area (Å²) in [4.78, 5) is 27.2. The highest BCUT2D eigenvalue weighted by molar-refractivity contribution is 5.83. The fourth-order valence-electron chi connectivity index (χ4n) is 4.23. The number of ether oxygens (including phenoxy) is 3. The van der Waals surface area contributed by atoms with E-state index >= 15 is 0 Å². The van der Waals surface area contributed by atoms with Crippen LogP contribution in [-0.2, 0) is 22.6 Å². The van der Waals surface area contributed by atoms with Gasteiger partial charge in [0.2, 0.25) is 5.91 Å². The SMILES string of the molecule is COc1cc2c(cc1OC)C(c1ccccc1)N(C(=O)CNC(=O)OCc1ccccc1)CC2. The van der Waals surface area contributed by atoms with E-state index in [1.54, 1.807) is 19.1 Å².